The summed E-state index contributed by atoms with van der Waals surface area (Å²) in [5, 5.41) is 11.3. The van der Waals surface area contributed by atoms with Gasteiger partial charge >= 0.3 is 0 Å². The molecule has 3 rings (SSSR count). The number of nitrogens with zero attached hydrogens (tertiary/aromatic N) is 3. The van der Waals surface area contributed by atoms with E-state index in [9.17, 15) is 4.79 Å². The number of benzene rings is 1. The molecule has 3 aromatic rings. The first-order valence-electron chi connectivity index (χ1n) is 7.83. The van der Waals surface area contributed by atoms with Crippen LogP contribution in [0.3, 0.4) is 0 Å². The van der Waals surface area contributed by atoms with Gasteiger partial charge in [-0.25, -0.2) is 4.68 Å². The van der Waals surface area contributed by atoms with E-state index >= 15 is 0 Å². The molecular weight excluding hydrogens is 304 g/mol. The normalized spacial score (nSPS) is 10.8. The summed E-state index contributed by atoms with van der Waals surface area (Å²) in [5.74, 6) is 1.25. The fraction of sp³-hybridized carbons (Fsp3) is 0.278. The smallest absolute Gasteiger partial charge is 0.230 e. The Balaban J connectivity index is 1.74. The minimum atomic E-state index is -0.112. The lowest BCUT2D eigenvalue weighted by Crippen LogP contribution is -2.18. The number of carbonyl (C=O) groups is 1. The number of aryl methyl sites for hydroxylation is 3. The summed E-state index contributed by atoms with van der Waals surface area (Å²) in [7, 11) is 0. The molecule has 6 heteroatoms. The van der Waals surface area contributed by atoms with Gasteiger partial charge in [0, 0.05) is 11.6 Å². The van der Waals surface area contributed by atoms with Crippen LogP contribution >= 0.6 is 0 Å². The van der Waals surface area contributed by atoms with E-state index in [4.69, 9.17) is 4.52 Å². The number of anilines is 1. The highest BCUT2D eigenvalue weighted by Crippen LogP contribution is 2.16. The van der Waals surface area contributed by atoms with Gasteiger partial charge in [0.1, 0.15) is 11.6 Å². The average molecular weight is 324 g/mol. The second-order valence-corrected chi connectivity index (χ2v) is 5.84. The summed E-state index contributed by atoms with van der Waals surface area (Å²) < 4.78 is 6.91. The molecule has 1 amide bonds. The van der Waals surface area contributed by atoms with Crippen molar-refractivity contribution in [1.82, 2.24) is 14.9 Å². The van der Waals surface area contributed by atoms with Gasteiger partial charge in [0.15, 0.2) is 0 Å². The number of rotatable bonds is 5. The second-order valence-electron chi connectivity index (χ2n) is 5.84. The Morgan fingerprint density at radius 3 is 2.62 bits per heavy atom. The van der Waals surface area contributed by atoms with Crippen molar-refractivity contribution in [3.05, 3.63) is 64.7 Å². The van der Waals surface area contributed by atoms with E-state index in [1.54, 1.807) is 4.68 Å². The summed E-state index contributed by atoms with van der Waals surface area (Å²) in [4.78, 5) is 12.4. The molecule has 0 saturated carbocycles. The van der Waals surface area contributed by atoms with Crippen molar-refractivity contribution in [3.63, 3.8) is 0 Å². The maximum Gasteiger partial charge on any atom is 0.230 e. The zero-order valence-corrected chi connectivity index (χ0v) is 14.0. The van der Waals surface area contributed by atoms with E-state index in [-0.39, 0.29) is 12.3 Å². The predicted molar refractivity (Wildman–Crippen MR) is 90.8 cm³/mol. The largest absolute Gasteiger partial charge is 0.361 e. The average Bonchev–Trinajstić information content (AvgIpc) is 3.05. The third kappa shape index (κ3) is 3.53. The number of amides is 1. The van der Waals surface area contributed by atoms with E-state index in [0.29, 0.717) is 18.1 Å². The highest BCUT2D eigenvalue weighted by molar-refractivity contribution is 5.91. The SMILES string of the molecule is Cc1cc(NC(=O)Cc2c(C)noc2C)n(Cc2ccccc2)n1. The van der Waals surface area contributed by atoms with Gasteiger partial charge in [0.2, 0.25) is 5.91 Å². The Bertz CT molecular complexity index is 830. The van der Waals surface area contributed by atoms with Crippen LogP contribution in [0.15, 0.2) is 40.9 Å². The molecule has 0 unspecified atom stereocenters. The van der Waals surface area contributed by atoms with E-state index in [2.05, 4.69) is 15.6 Å². The van der Waals surface area contributed by atoms with Gasteiger partial charge in [-0.3, -0.25) is 4.79 Å². The molecule has 1 aromatic carbocycles. The molecule has 1 N–H and O–H groups in total. The van der Waals surface area contributed by atoms with Crippen molar-refractivity contribution >= 4 is 11.7 Å². The van der Waals surface area contributed by atoms with E-state index in [1.807, 2.05) is 57.2 Å². The first-order chi connectivity index (χ1) is 11.5. The Morgan fingerprint density at radius 1 is 1.21 bits per heavy atom. The highest BCUT2D eigenvalue weighted by Gasteiger charge is 2.15. The fourth-order valence-electron chi connectivity index (χ4n) is 2.62. The van der Waals surface area contributed by atoms with E-state index < -0.39 is 0 Å². The van der Waals surface area contributed by atoms with Crippen molar-refractivity contribution in [2.45, 2.75) is 33.7 Å². The molecule has 6 nitrogen and oxygen atoms in total. The number of aromatic nitrogens is 3. The Hall–Kier alpha value is -2.89. The maximum absolute atomic E-state index is 12.4. The molecule has 2 aromatic heterocycles. The summed E-state index contributed by atoms with van der Waals surface area (Å²) in [6, 6.07) is 11.9. The lowest BCUT2D eigenvalue weighted by molar-refractivity contribution is -0.115. The van der Waals surface area contributed by atoms with Gasteiger partial charge < -0.3 is 9.84 Å². The standard InChI is InChI=1S/C18H20N4O2/c1-12-9-17(22(20-12)11-15-7-5-4-6-8-15)19-18(23)10-16-13(2)21-24-14(16)3/h4-9H,10-11H2,1-3H3,(H,19,23). The van der Waals surface area contributed by atoms with Gasteiger partial charge in [-0.05, 0) is 26.3 Å². The number of nitrogens with one attached hydrogen (secondary N) is 1. The quantitative estimate of drug-likeness (QED) is 0.783. The van der Waals surface area contributed by atoms with Crippen LogP contribution in [0.25, 0.3) is 0 Å². The maximum atomic E-state index is 12.4. The Labute approximate surface area is 140 Å². The van der Waals surface area contributed by atoms with Gasteiger partial charge in [-0.15, -0.1) is 0 Å². The molecule has 2 heterocycles. The minimum absolute atomic E-state index is 0.112. The molecule has 0 aliphatic heterocycles. The molecule has 0 spiro atoms. The third-order valence-electron chi connectivity index (χ3n) is 3.86. The summed E-state index contributed by atoms with van der Waals surface area (Å²) in [5.41, 5.74) is 3.57. The van der Waals surface area contributed by atoms with Crippen LogP contribution in [0.1, 0.15) is 28.3 Å². The summed E-state index contributed by atoms with van der Waals surface area (Å²) in [6.07, 6.45) is 0.233. The molecule has 0 atom stereocenters. The monoisotopic (exact) mass is 324 g/mol. The zero-order chi connectivity index (χ0) is 17.1. The molecule has 0 fully saturated rings. The second kappa shape index (κ2) is 6.70. The van der Waals surface area contributed by atoms with Crippen molar-refractivity contribution in [3.8, 4) is 0 Å². The number of hydrogen-bond acceptors (Lipinski definition) is 4. The van der Waals surface area contributed by atoms with Gasteiger partial charge in [-0.1, -0.05) is 35.5 Å². The van der Waals surface area contributed by atoms with E-state index in [1.165, 1.54) is 0 Å². The molecule has 24 heavy (non-hydrogen) atoms. The number of carbonyl (C=O) groups excluding carboxylic acids is 1. The summed E-state index contributed by atoms with van der Waals surface area (Å²) >= 11 is 0. The molecule has 0 aliphatic rings. The van der Waals surface area contributed by atoms with Gasteiger partial charge in [-0.2, -0.15) is 5.10 Å². The van der Waals surface area contributed by atoms with Crippen LogP contribution in [0.4, 0.5) is 5.82 Å². The van der Waals surface area contributed by atoms with Crippen molar-refractivity contribution in [2.75, 3.05) is 5.32 Å². The van der Waals surface area contributed by atoms with Crippen molar-refractivity contribution in [2.24, 2.45) is 0 Å². The Morgan fingerprint density at radius 2 is 1.96 bits per heavy atom. The lowest BCUT2D eigenvalue weighted by atomic mass is 10.1. The zero-order valence-electron chi connectivity index (χ0n) is 14.0. The van der Waals surface area contributed by atoms with Crippen molar-refractivity contribution < 1.29 is 9.32 Å². The lowest BCUT2D eigenvalue weighted by Gasteiger charge is -2.09. The molecule has 0 saturated heterocycles. The van der Waals surface area contributed by atoms with Crippen LogP contribution in [0.5, 0.6) is 0 Å². The molecule has 124 valence electrons. The van der Waals surface area contributed by atoms with Crippen LogP contribution in [-0.4, -0.2) is 20.8 Å². The summed E-state index contributed by atoms with van der Waals surface area (Å²) in [6.45, 7) is 6.16. The van der Waals surface area contributed by atoms with Crippen LogP contribution in [0.2, 0.25) is 0 Å². The molecule has 0 radical (unpaired) electrons. The highest BCUT2D eigenvalue weighted by atomic mass is 16.5. The molecular formula is C18H20N4O2. The molecule has 0 bridgehead atoms. The predicted octanol–water partition coefficient (Wildman–Crippen LogP) is 3.03. The van der Waals surface area contributed by atoms with Crippen LogP contribution in [0, 0.1) is 20.8 Å². The molecule has 0 aliphatic carbocycles. The minimum Gasteiger partial charge on any atom is -0.361 e. The Kier molecular flexibility index (Phi) is 4.46. The van der Waals surface area contributed by atoms with Crippen molar-refractivity contribution in [1.29, 1.82) is 0 Å². The number of hydrogen-bond donors (Lipinski definition) is 1. The van der Waals surface area contributed by atoms with E-state index in [0.717, 1.165) is 22.5 Å². The van der Waals surface area contributed by atoms with Gasteiger partial charge in [0.05, 0.1) is 24.4 Å². The third-order valence-corrected chi connectivity index (χ3v) is 3.86. The van der Waals surface area contributed by atoms with Crippen LogP contribution < -0.4 is 5.32 Å². The fourth-order valence-corrected chi connectivity index (χ4v) is 2.62. The van der Waals surface area contributed by atoms with Crippen LogP contribution in [-0.2, 0) is 17.8 Å². The first kappa shape index (κ1) is 16.0. The first-order valence-corrected chi connectivity index (χ1v) is 7.83. The van der Waals surface area contributed by atoms with Gasteiger partial charge in [0.25, 0.3) is 0 Å². The topological polar surface area (TPSA) is 73.0 Å².